The van der Waals surface area contributed by atoms with Gasteiger partial charge in [-0.2, -0.15) is 0 Å². The molecule has 0 amide bonds. The highest BCUT2D eigenvalue weighted by atomic mass is 16.5. The van der Waals surface area contributed by atoms with Crippen LogP contribution in [0.2, 0.25) is 0 Å². The molecule has 15 heavy (non-hydrogen) atoms. The third-order valence-electron chi connectivity index (χ3n) is 2.29. The zero-order chi connectivity index (χ0) is 10.9. The lowest BCUT2D eigenvalue weighted by Crippen LogP contribution is -2.06. The molecule has 1 unspecified atom stereocenters. The predicted octanol–water partition coefficient (Wildman–Crippen LogP) is 2.82. The van der Waals surface area contributed by atoms with Gasteiger partial charge >= 0.3 is 0 Å². The van der Waals surface area contributed by atoms with E-state index < -0.39 is 0 Å². The van der Waals surface area contributed by atoms with Crippen LogP contribution in [0.15, 0.2) is 30.3 Å². The average Bonchev–Trinajstić information content (AvgIpc) is 2.28. The van der Waals surface area contributed by atoms with Crippen molar-refractivity contribution in [3.8, 4) is 0 Å². The van der Waals surface area contributed by atoms with E-state index in [0.717, 1.165) is 19.3 Å². The third-order valence-corrected chi connectivity index (χ3v) is 2.29. The van der Waals surface area contributed by atoms with Crippen LogP contribution in [-0.4, -0.2) is 12.9 Å². The smallest absolute Gasteiger partial charge is 0.120 e. The molecule has 0 spiro atoms. The summed E-state index contributed by atoms with van der Waals surface area (Å²) in [7, 11) is 0. The van der Waals surface area contributed by atoms with Gasteiger partial charge in [0, 0.05) is 13.0 Å². The van der Waals surface area contributed by atoms with Crippen molar-refractivity contribution in [1.29, 1.82) is 0 Å². The largest absolute Gasteiger partial charge is 0.376 e. The van der Waals surface area contributed by atoms with Crippen LogP contribution in [0.4, 0.5) is 0 Å². The van der Waals surface area contributed by atoms with Gasteiger partial charge in [0.05, 0.1) is 6.61 Å². The fraction of sp³-hybridized carbons (Fsp3) is 0.462. The van der Waals surface area contributed by atoms with Crippen molar-refractivity contribution >= 4 is 6.29 Å². The molecule has 2 heteroatoms. The molecule has 0 fully saturated rings. The standard InChI is InChI=1S/C13H18O2/c1-12(6-5-9-14)10-15-11-13-7-3-2-4-8-13/h2-4,7-9,12H,5-6,10-11H2,1H3. The Morgan fingerprint density at radius 1 is 1.33 bits per heavy atom. The summed E-state index contributed by atoms with van der Waals surface area (Å²) < 4.78 is 5.56. The van der Waals surface area contributed by atoms with Gasteiger partial charge in [-0.3, -0.25) is 0 Å². The Bertz CT molecular complexity index is 269. The van der Waals surface area contributed by atoms with Crippen molar-refractivity contribution in [2.45, 2.75) is 26.4 Å². The molecule has 0 N–H and O–H groups in total. The number of aldehydes is 1. The van der Waals surface area contributed by atoms with Gasteiger partial charge in [-0.1, -0.05) is 37.3 Å². The van der Waals surface area contributed by atoms with Crippen molar-refractivity contribution in [2.24, 2.45) is 5.92 Å². The summed E-state index contributed by atoms with van der Waals surface area (Å²) >= 11 is 0. The van der Waals surface area contributed by atoms with E-state index in [4.69, 9.17) is 4.74 Å². The van der Waals surface area contributed by atoms with Crippen LogP contribution < -0.4 is 0 Å². The Kier molecular flexibility index (Phi) is 5.71. The lowest BCUT2D eigenvalue weighted by molar-refractivity contribution is -0.108. The molecule has 1 aromatic rings. The summed E-state index contributed by atoms with van der Waals surface area (Å²) in [6.45, 7) is 3.49. The molecular formula is C13H18O2. The Labute approximate surface area is 91.3 Å². The summed E-state index contributed by atoms with van der Waals surface area (Å²) in [5.74, 6) is 0.457. The third kappa shape index (κ3) is 5.33. The molecule has 0 heterocycles. The minimum atomic E-state index is 0.457. The van der Waals surface area contributed by atoms with Crippen LogP contribution >= 0.6 is 0 Å². The maximum absolute atomic E-state index is 10.2. The number of hydrogen-bond acceptors (Lipinski definition) is 2. The molecule has 1 rings (SSSR count). The Morgan fingerprint density at radius 2 is 2.07 bits per heavy atom. The topological polar surface area (TPSA) is 26.3 Å². The normalized spacial score (nSPS) is 12.3. The SMILES string of the molecule is CC(CCC=O)COCc1ccccc1. The number of benzene rings is 1. The molecule has 0 radical (unpaired) electrons. The number of carbonyl (C=O) groups excluding carboxylic acids is 1. The average molecular weight is 206 g/mol. The molecule has 0 saturated carbocycles. The Morgan fingerprint density at radius 3 is 2.73 bits per heavy atom. The second kappa shape index (κ2) is 7.18. The van der Waals surface area contributed by atoms with Crippen LogP contribution in [0.1, 0.15) is 25.3 Å². The molecule has 0 bridgehead atoms. The van der Waals surface area contributed by atoms with Crippen LogP contribution in [0.5, 0.6) is 0 Å². The van der Waals surface area contributed by atoms with E-state index in [1.807, 2.05) is 18.2 Å². The van der Waals surface area contributed by atoms with Crippen LogP contribution in [0.25, 0.3) is 0 Å². The van der Waals surface area contributed by atoms with E-state index in [1.54, 1.807) is 0 Å². The van der Waals surface area contributed by atoms with E-state index >= 15 is 0 Å². The zero-order valence-corrected chi connectivity index (χ0v) is 9.19. The van der Waals surface area contributed by atoms with E-state index in [0.29, 0.717) is 18.9 Å². The molecule has 1 aromatic carbocycles. The maximum atomic E-state index is 10.2. The summed E-state index contributed by atoms with van der Waals surface area (Å²) in [5, 5.41) is 0. The molecule has 0 aliphatic rings. The maximum Gasteiger partial charge on any atom is 0.120 e. The van der Waals surface area contributed by atoms with Crippen molar-refractivity contribution in [2.75, 3.05) is 6.61 Å². The van der Waals surface area contributed by atoms with Gasteiger partial charge in [0.15, 0.2) is 0 Å². The monoisotopic (exact) mass is 206 g/mol. The number of carbonyl (C=O) groups is 1. The van der Waals surface area contributed by atoms with E-state index in [2.05, 4.69) is 19.1 Å². The first kappa shape index (κ1) is 11.9. The van der Waals surface area contributed by atoms with E-state index in [-0.39, 0.29) is 0 Å². The van der Waals surface area contributed by atoms with Crippen LogP contribution in [0.3, 0.4) is 0 Å². The van der Waals surface area contributed by atoms with Crippen LogP contribution in [-0.2, 0) is 16.1 Å². The number of rotatable bonds is 7. The second-order valence-corrected chi connectivity index (χ2v) is 3.85. The highest BCUT2D eigenvalue weighted by Crippen LogP contribution is 2.07. The molecule has 2 nitrogen and oxygen atoms in total. The van der Waals surface area contributed by atoms with Gasteiger partial charge in [-0.05, 0) is 17.9 Å². The van der Waals surface area contributed by atoms with Gasteiger partial charge in [0.1, 0.15) is 6.29 Å². The van der Waals surface area contributed by atoms with Gasteiger partial charge in [-0.25, -0.2) is 0 Å². The van der Waals surface area contributed by atoms with E-state index in [1.165, 1.54) is 5.56 Å². The first-order valence-electron chi connectivity index (χ1n) is 5.38. The molecule has 0 aromatic heterocycles. The molecule has 0 aliphatic heterocycles. The first-order valence-corrected chi connectivity index (χ1v) is 5.38. The van der Waals surface area contributed by atoms with Gasteiger partial charge in [0.2, 0.25) is 0 Å². The Hall–Kier alpha value is -1.15. The highest BCUT2D eigenvalue weighted by molar-refractivity contribution is 5.49. The summed E-state index contributed by atoms with van der Waals surface area (Å²) in [6, 6.07) is 10.1. The van der Waals surface area contributed by atoms with Gasteiger partial charge < -0.3 is 9.53 Å². The molecule has 82 valence electrons. The lowest BCUT2D eigenvalue weighted by atomic mass is 10.1. The lowest BCUT2D eigenvalue weighted by Gasteiger charge is -2.10. The minimum absolute atomic E-state index is 0.457. The summed E-state index contributed by atoms with van der Waals surface area (Å²) in [6.07, 6.45) is 2.52. The van der Waals surface area contributed by atoms with Crippen molar-refractivity contribution in [1.82, 2.24) is 0 Å². The number of ether oxygens (including phenoxy) is 1. The van der Waals surface area contributed by atoms with Crippen molar-refractivity contribution < 1.29 is 9.53 Å². The molecular weight excluding hydrogens is 188 g/mol. The molecule has 0 aliphatic carbocycles. The van der Waals surface area contributed by atoms with E-state index in [9.17, 15) is 4.79 Å². The number of hydrogen-bond donors (Lipinski definition) is 0. The highest BCUT2D eigenvalue weighted by Gasteiger charge is 2.01. The quantitative estimate of drug-likeness (QED) is 0.641. The fourth-order valence-corrected chi connectivity index (χ4v) is 1.39. The first-order chi connectivity index (χ1) is 7.33. The fourth-order valence-electron chi connectivity index (χ4n) is 1.39. The van der Waals surface area contributed by atoms with Crippen molar-refractivity contribution in [3.05, 3.63) is 35.9 Å². The minimum Gasteiger partial charge on any atom is -0.376 e. The van der Waals surface area contributed by atoms with Crippen molar-refractivity contribution in [3.63, 3.8) is 0 Å². The molecule has 0 saturated heterocycles. The zero-order valence-electron chi connectivity index (χ0n) is 9.19. The second-order valence-electron chi connectivity index (χ2n) is 3.85. The predicted molar refractivity (Wildman–Crippen MR) is 60.6 cm³/mol. The molecule has 1 atom stereocenters. The summed E-state index contributed by atoms with van der Waals surface area (Å²) in [5.41, 5.74) is 1.19. The van der Waals surface area contributed by atoms with Crippen LogP contribution in [0, 0.1) is 5.92 Å². The summed E-state index contributed by atoms with van der Waals surface area (Å²) in [4.78, 5) is 10.2. The van der Waals surface area contributed by atoms with Gasteiger partial charge in [0.25, 0.3) is 0 Å². The van der Waals surface area contributed by atoms with Gasteiger partial charge in [-0.15, -0.1) is 0 Å². The Balaban J connectivity index is 2.13.